The Morgan fingerprint density at radius 3 is 2.33 bits per heavy atom. The highest BCUT2D eigenvalue weighted by Crippen LogP contribution is 2.30. The fourth-order valence-electron chi connectivity index (χ4n) is 1.92. The molecule has 0 aliphatic carbocycles. The Morgan fingerprint density at radius 1 is 1.06 bits per heavy atom. The van der Waals surface area contributed by atoms with E-state index in [1.165, 1.54) is 19.3 Å². The summed E-state index contributed by atoms with van der Waals surface area (Å²) in [5.41, 5.74) is 5.78. The molecule has 1 aliphatic heterocycles. The minimum atomic E-state index is 0.0764. The Hall–Kier alpha value is -1.04. The van der Waals surface area contributed by atoms with E-state index >= 15 is 0 Å². The number of rotatable bonds is 2. The third-order valence-electron chi connectivity index (χ3n) is 2.66. The summed E-state index contributed by atoms with van der Waals surface area (Å²) in [6.45, 7) is 8.45. The molecule has 0 bridgehead atoms. The molecule has 2 N–H and O–H groups in total. The van der Waals surface area contributed by atoms with Crippen LogP contribution in [0, 0.1) is 0 Å². The van der Waals surface area contributed by atoms with Crippen molar-refractivity contribution < 1.29 is 0 Å². The summed E-state index contributed by atoms with van der Waals surface area (Å²) < 4.78 is 0.0764. The molecule has 0 unspecified atom stereocenters. The van der Waals surface area contributed by atoms with Crippen LogP contribution in [0.25, 0.3) is 0 Å². The fraction of sp³-hybridized carbons (Fsp3) is 0.750. The van der Waals surface area contributed by atoms with Crippen molar-refractivity contribution in [1.29, 1.82) is 0 Å². The molecule has 100 valence electrons. The minimum Gasteiger partial charge on any atom is -0.368 e. The molecule has 1 aromatic rings. The number of thioether (sulfide) groups is 1. The van der Waals surface area contributed by atoms with Gasteiger partial charge in [-0.1, -0.05) is 32.5 Å². The van der Waals surface area contributed by atoms with E-state index < -0.39 is 0 Å². The average molecular weight is 267 g/mol. The van der Waals surface area contributed by atoms with Crippen LogP contribution in [0.3, 0.4) is 0 Å². The molecule has 1 aromatic heterocycles. The summed E-state index contributed by atoms with van der Waals surface area (Å²) in [6.07, 6.45) is 3.70. The van der Waals surface area contributed by atoms with E-state index in [-0.39, 0.29) is 4.75 Å². The largest absolute Gasteiger partial charge is 0.368 e. The van der Waals surface area contributed by atoms with E-state index in [1.54, 1.807) is 11.8 Å². The number of nitrogens with two attached hydrogens (primary N) is 1. The molecular weight excluding hydrogens is 246 g/mol. The summed E-state index contributed by atoms with van der Waals surface area (Å²) >= 11 is 1.62. The van der Waals surface area contributed by atoms with Crippen molar-refractivity contribution in [2.24, 2.45) is 0 Å². The molecule has 0 spiro atoms. The van der Waals surface area contributed by atoms with Gasteiger partial charge in [-0.05, 0) is 19.3 Å². The Bertz CT molecular complexity index is 409. The van der Waals surface area contributed by atoms with E-state index in [9.17, 15) is 0 Å². The Balaban J connectivity index is 2.20. The summed E-state index contributed by atoms with van der Waals surface area (Å²) in [6, 6.07) is 0. The normalized spacial score (nSPS) is 16.9. The van der Waals surface area contributed by atoms with Crippen LogP contribution in [0.4, 0.5) is 11.9 Å². The number of piperidine rings is 1. The van der Waals surface area contributed by atoms with Gasteiger partial charge in [0.1, 0.15) is 0 Å². The molecular formula is C12H21N5S. The molecule has 0 atom stereocenters. The smallest absolute Gasteiger partial charge is 0.231 e. The van der Waals surface area contributed by atoms with Crippen molar-refractivity contribution in [3.8, 4) is 0 Å². The lowest BCUT2D eigenvalue weighted by atomic mass is 10.1. The topological polar surface area (TPSA) is 67.9 Å². The van der Waals surface area contributed by atoms with Crippen molar-refractivity contribution >= 4 is 23.7 Å². The second-order valence-electron chi connectivity index (χ2n) is 5.54. The molecule has 18 heavy (non-hydrogen) atoms. The summed E-state index contributed by atoms with van der Waals surface area (Å²) in [5, 5.41) is 0.718. The van der Waals surface area contributed by atoms with Crippen LogP contribution < -0.4 is 10.6 Å². The van der Waals surface area contributed by atoms with Crippen LogP contribution in [0.15, 0.2) is 5.16 Å². The van der Waals surface area contributed by atoms with Gasteiger partial charge in [0.2, 0.25) is 11.9 Å². The molecule has 0 aromatic carbocycles. The SMILES string of the molecule is CC(C)(C)Sc1nc(N)nc(N2CCCCC2)n1. The second kappa shape index (κ2) is 5.30. The van der Waals surface area contributed by atoms with Gasteiger partial charge in [-0.25, -0.2) is 0 Å². The lowest BCUT2D eigenvalue weighted by Gasteiger charge is -2.27. The maximum Gasteiger partial charge on any atom is 0.231 e. The van der Waals surface area contributed by atoms with Gasteiger partial charge in [0.05, 0.1) is 0 Å². The van der Waals surface area contributed by atoms with Crippen molar-refractivity contribution in [2.45, 2.75) is 49.9 Å². The Kier molecular flexibility index (Phi) is 3.94. The Labute approximate surface area is 113 Å². The van der Waals surface area contributed by atoms with Crippen LogP contribution in [0.5, 0.6) is 0 Å². The standard InChI is InChI=1S/C12H21N5S/c1-12(2,3)18-11-15-9(13)14-10(16-11)17-7-5-4-6-8-17/h4-8H2,1-3H3,(H2,13,14,15,16). The van der Waals surface area contributed by atoms with Crippen LogP contribution in [-0.2, 0) is 0 Å². The lowest BCUT2D eigenvalue weighted by molar-refractivity contribution is 0.565. The second-order valence-corrected chi connectivity index (χ2v) is 7.33. The van der Waals surface area contributed by atoms with Gasteiger partial charge in [-0.15, -0.1) is 0 Å². The van der Waals surface area contributed by atoms with Crippen molar-refractivity contribution in [3.63, 3.8) is 0 Å². The highest BCUT2D eigenvalue weighted by molar-refractivity contribution is 8.00. The number of anilines is 2. The molecule has 1 saturated heterocycles. The van der Waals surface area contributed by atoms with E-state index in [1.807, 2.05) is 0 Å². The van der Waals surface area contributed by atoms with Gasteiger partial charge >= 0.3 is 0 Å². The lowest BCUT2D eigenvalue weighted by Crippen LogP contribution is -2.31. The van der Waals surface area contributed by atoms with E-state index in [2.05, 4.69) is 40.6 Å². The monoisotopic (exact) mass is 267 g/mol. The zero-order chi connectivity index (χ0) is 13.2. The van der Waals surface area contributed by atoms with Gasteiger partial charge in [0.15, 0.2) is 5.16 Å². The van der Waals surface area contributed by atoms with Gasteiger partial charge in [-0.3, -0.25) is 0 Å². The maximum absolute atomic E-state index is 5.78. The molecule has 2 rings (SSSR count). The van der Waals surface area contributed by atoms with Crippen molar-refractivity contribution in [1.82, 2.24) is 15.0 Å². The zero-order valence-corrected chi connectivity index (χ0v) is 12.1. The zero-order valence-electron chi connectivity index (χ0n) is 11.3. The number of hydrogen-bond donors (Lipinski definition) is 1. The Morgan fingerprint density at radius 2 is 1.72 bits per heavy atom. The molecule has 1 fully saturated rings. The summed E-state index contributed by atoms with van der Waals surface area (Å²) in [5.74, 6) is 1.05. The first kappa shape index (κ1) is 13.4. The first-order valence-corrected chi connectivity index (χ1v) is 7.21. The molecule has 0 amide bonds. The molecule has 1 aliphatic rings. The average Bonchev–Trinajstić information content (AvgIpc) is 2.27. The third kappa shape index (κ3) is 3.73. The van der Waals surface area contributed by atoms with Gasteiger partial charge < -0.3 is 10.6 Å². The van der Waals surface area contributed by atoms with Crippen LogP contribution in [-0.4, -0.2) is 32.8 Å². The van der Waals surface area contributed by atoms with Crippen LogP contribution in [0.2, 0.25) is 0 Å². The van der Waals surface area contributed by atoms with E-state index in [0.717, 1.165) is 24.2 Å². The van der Waals surface area contributed by atoms with E-state index in [4.69, 9.17) is 5.73 Å². The van der Waals surface area contributed by atoms with Crippen LogP contribution in [0.1, 0.15) is 40.0 Å². The highest BCUT2D eigenvalue weighted by atomic mass is 32.2. The number of hydrogen-bond acceptors (Lipinski definition) is 6. The minimum absolute atomic E-state index is 0.0764. The first-order chi connectivity index (χ1) is 8.44. The first-order valence-electron chi connectivity index (χ1n) is 6.39. The van der Waals surface area contributed by atoms with Crippen LogP contribution >= 0.6 is 11.8 Å². The predicted octanol–water partition coefficient (Wildman–Crippen LogP) is 2.33. The summed E-state index contributed by atoms with van der Waals surface area (Å²) in [7, 11) is 0. The third-order valence-corrected chi connectivity index (χ3v) is 3.63. The van der Waals surface area contributed by atoms with Crippen molar-refractivity contribution in [3.05, 3.63) is 0 Å². The quantitative estimate of drug-likeness (QED) is 0.830. The van der Waals surface area contributed by atoms with Gasteiger partial charge in [0, 0.05) is 17.8 Å². The highest BCUT2D eigenvalue weighted by Gasteiger charge is 2.19. The molecule has 2 heterocycles. The predicted molar refractivity (Wildman–Crippen MR) is 75.9 cm³/mol. The van der Waals surface area contributed by atoms with Crippen molar-refractivity contribution in [2.75, 3.05) is 23.7 Å². The number of aromatic nitrogens is 3. The van der Waals surface area contributed by atoms with Gasteiger partial charge in [0.25, 0.3) is 0 Å². The molecule has 0 radical (unpaired) electrons. The number of nitrogen functional groups attached to an aromatic ring is 1. The maximum atomic E-state index is 5.78. The molecule has 6 heteroatoms. The van der Waals surface area contributed by atoms with Gasteiger partial charge in [-0.2, -0.15) is 15.0 Å². The number of nitrogens with zero attached hydrogens (tertiary/aromatic N) is 4. The molecule has 5 nitrogen and oxygen atoms in total. The molecule has 0 saturated carbocycles. The summed E-state index contributed by atoms with van der Waals surface area (Å²) in [4.78, 5) is 15.2. The van der Waals surface area contributed by atoms with E-state index in [0.29, 0.717) is 5.95 Å². The fourth-order valence-corrected chi connectivity index (χ4v) is 2.73.